The maximum Gasteiger partial charge on any atom is 0.177 e. The Morgan fingerprint density at radius 3 is 2.71 bits per heavy atom. The minimum Gasteiger partial charge on any atom is -0.452 e. The molecule has 6 rings (SSSR count). The van der Waals surface area contributed by atoms with E-state index in [0.29, 0.717) is 34.5 Å². The topological polar surface area (TPSA) is 110 Å². The Balaban J connectivity index is 1.36. The summed E-state index contributed by atoms with van der Waals surface area (Å²) in [4.78, 5) is 9.40. The first-order valence-corrected chi connectivity index (χ1v) is 15.2. The molecule has 0 bridgehead atoms. The maximum absolute atomic E-state index is 14.0. The molecule has 3 aromatic heterocycles. The van der Waals surface area contributed by atoms with E-state index in [4.69, 9.17) is 15.1 Å². The predicted molar refractivity (Wildman–Crippen MR) is 169 cm³/mol. The lowest BCUT2D eigenvalue weighted by molar-refractivity contribution is 0.0902. The summed E-state index contributed by atoms with van der Waals surface area (Å²) in [5.41, 5.74) is 11.7. The Morgan fingerprint density at radius 2 is 1.95 bits per heavy atom. The molecule has 2 atom stereocenters. The SMILES string of the molecule is CC=C(C=NC(C)C(C)C1CCC(O)CC1)c1cnc(N)c2oc(-c3cc(-c4cccc(F)c4)cc4nnsc34)cc12. The number of benzene rings is 2. The van der Waals surface area contributed by atoms with Crippen molar-refractivity contribution in [3.8, 4) is 22.5 Å². The number of aliphatic hydroxyl groups excluding tert-OH is 1. The highest BCUT2D eigenvalue weighted by Crippen LogP contribution is 2.40. The van der Waals surface area contributed by atoms with Crippen molar-refractivity contribution in [1.29, 1.82) is 0 Å². The Kier molecular flexibility index (Phi) is 7.88. The molecule has 2 aromatic carbocycles. The van der Waals surface area contributed by atoms with Crippen molar-refractivity contribution in [2.24, 2.45) is 16.8 Å². The molecule has 7 nitrogen and oxygen atoms in total. The molecule has 0 spiro atoms. The van der Waals surface area contributed by atoms with Gasteiger partial charge in [0.05, 0.1) is 10.8 Å². The molecule has 2 unspecified atom stereocenters. The van der Waals surface area contributed by atoms with Crippen molar-refractivity contribution >= 4 is 50.3 Å². The molecule has 9 heteroatoms. The number of halogens is 1. The van der Waals surface area contributed by atoms with Gasteiger partial charge in [0.25, 0.3) is 0 Å². The smallest absolute Gasteiger partial charge is 0.177 e. The summed E-state index contributed by atoms with van der Waals surface area (Å²) in [5, 5.41) is 15.0. The van der Waals surface area contributed by atoms with Crippen molar-refractivity contribution in [2.45, 2.75) is 58.6 Å². The van der Waals surface area contributed by atoms with Crippen LogP contribution in [0.15, 0.2) is 64.1 Å². The summed E-state index contributed by atoms with van der Waals surface area (Å²) < 4.78 is 25.4. The molecule has 0 aliphatic heterocycles. The molecule has 0 radical (unpaired) electrons. The van der Waals surface area contributed by atoms with Crippen LogP contribution < -0.4 is 5.73 Å². The highest BCUT2D eigenvalue weighted by Gasteiger charge is 2.27. The molecule has 3 heterocycles. The van der Waals surface area contributed by atoms with Crippen LogP contribution in [-0.2, 0) is 0 Å². The van der Waals surface area contributed by atoms with Gasteiger partial charge in [-0.2, -0.15) is 0 Å². The number of anilines is 1. The van der Waals surface area contributed by atoms with E-state index in [0.717, 1.165) is 63.6 Å². The number of pyridine rings is 1. The monoisotopic (exact) mass is 583 g/mol. The van der Waals surface area contributed by atoms with Crippen LogP contribution in [-0.4, -0.2) is 38.0 Å². The third kappa shape index (κ3) is 5.46. The first-order chi connectivity index (χ1) is 20.3. The zero-order valence-electron chi connectivity index (χ0n) is 23.9. The van der Waals surface area contributed by atoms with Crippen LogP contribution >= 0.6 is 11.5 Å². The van der Waals surface area contributed by atoms with Gasteiger partial charge in [-0.05, 0) is 110 Å². The summed E-state index contributed by atoms with van der Waals surface area (Å²) >= 11 is 1.28. The molecule has 0 amide bonds. The predicted octanol–water partition coefficient (Wildman–Crippen LogP) is 7.94. The second kappa shape index (κ2) is 11.7. The number of aliphatic hydroxyl groups is 1. The summed E-state index contributed by atoms with van der Waals surface area (Å²) in [6.07, 6.45) is 9.39. The van der Waals surface area contributed by atoms with Crippen LogP contribution in [0.1, 0.15) is 52.0 Å². The molecular weight excluding hydrogens is 549 g/mol. The second-order valence-electron chi connectivity index (χ2n) is 11.3. The number of nitrogens with zero attached hydrogens (tertiary/aromatic N) is 4. The lowest BCUT2D eigenvalue weighted by atomic mass is 9.77. The number of fused-ring (bicyclic) bond motifs is 2. The number of nitrogens with two attached hydrogens (primary N) is 1. The van der Waals surface area contributed by atoms with Crippen LogP contribution in [0, 0.1) is 17.7 Å². The number of nitrogen functional groups attached to an aromatic ring is 1. The van der Waals surface area contributed by atoms with Crippen LogP contribution in [0.2, 0.25) is 0 Å². The van der Waals surface area contributed by atoms with Crippen LogP contribution in [0.25, 0.3) is 49.2 Å². The highest BCUT2D eigenvalue weighted by molar-refractivity contribution is 7.13. The molecular formula is C33H34FN5O2S. The van der Waals surface area contributed by atoms with Crippen LogP contribution in [0.5, 0.6) is 0 Å². The van der Waals surface area contributed by atoms with Crippen molar-refractivity contribution in [3.63, 3.8) is 0 Å². The molecule has 0 saturated heterocycles. The van der Waals surface area contributed by atoms with Crippen molar-refractivity contribution in [1.82, 2.24) is 14.6 Å². The standard InChI is InChI=1S/C33H34FN5O2S/c1-4-20(16-36-19(3)18(2)21-8-10-25(40)11-9-21)28-17-37-33(35)31-26(28)15-30(41-31)27-13-23(14-29-32(27)42-39-38-29)22-6-5-7-24(34)12-22/h4-7,12-19,21,25,40H,8-11H2,1-3H3,(H2,35,37). The second-order valence-corrected chi connectivity index (χ2v) is 12.0. The average molecular weight is 584 g/mol. The van der Waals surface area contributed by atoms with Gasteiger partial charge in [0.15, 0.2) is 11.4 Å². The van der Waals surface area contributed by atoms with E-state index in [2.05, 4.69) is 28.4 Å². The van der Waals surface area contributed by atoms with Crippen LogP contribution in [0.4, 0.5) is 10.2 Å². The van der Waals surface area contributed by atoms with Gasteiger partial charge in [-0.25, -0.2) is 9.37 Å². The number of aliphatic imine (C=N–C) groups is 1. The number of hydrogen-bond acceptors (Lipinski definition) is 8. The van der Waals surface area contributed by atoms with E-state index in [1.54, 1.807) is 12.3 Å². The molecule has 42 heavy (non-hydrogen) atoms. The molecule has 3 N–H and O–H groups in total. The van der Waals surface area contributed by atoms with Gasteiger partial charge in [0, 0.05) is 35.0 Å². The quantitative estimate of drug-likeness (QED) is 0.188. The van der Waals surface area contributed by atoms with E-state index < -0.39 is 0 Å². The summed E-state index contributed by atoms with van der Waals surface area (Å²) in [7, 11) is 0. The number of allylic oxidation sites excluding steroid dienone is 2. The normalized spacial score (nSPS) is 19.6. The van der Waals surface area contributed by atoms with Gasteiger partial charge >= 0.3 is 0 Å². The summed E-state index contributed by atoms with van der Waals surface area (Å²) in [6.45, 7) is 6.40. The highest BCUT2D eigenvalue weighted by atomic mass is 32.1. The van der Waals surface area contributed by atoms with Gasteiger partial charge in [-0.15, -0.1) is 5.10 Å². The van der Waals surface area contributed by atoms with Gasteiger partial charge in [0.2, 0.25) is 0 Å². The average Bonchev–Trinajstić information content (AvgIpc) is 3.66. The van der Waals surface area contributed by atoms with E-state index in [1.165, 1.54) is 23.7 Å². The molecule has 1 aliphatic rings. The zero-order chi connectivity index (χ0) is 29.4. The third-order valence-electron chi connectivity index (χ3n) is 8.68. The largest absolute Gasteiger partial charge is 0.452 e. The number of furan rings is 1. The lowest BCUT2D eigenvalue weighted by Gasteiger charge is -2.32. The Morgan fingerprint density at radius 1 is 1.14 bits per heavy atom. The number of hydrogen-bond donors (Lipinski definition) is 2. The molecule has 5 aromatic rings. The Labute approximate surface area is 248 Å². The van der Waals surface area contributed by atoms with E-state index in [9.17, 15) is 9.50 Å². The fourth-order valence-electron chi connectivity index (χ4n) is 5.97. The van der Waals surface area contributed by atoms with Crippen molar-refractivity contribution < 1.29 is 13.9 Å². The molecule has 1 aliphatic carbocycles. The molecule has 1 saturated carbocycles. The van der Waals surface area contributed by atoms with Gasteiger partial charge in [0.1, 0.15) is 17.1 Å². The fraction of sp³-hybridized carbons (Fsp3) is 0.333. The van der Waals surface area contributed by atoms with Crippen LogP contribution in [0.3, 0.4) is 0 Å². The minimum absolute atomic E-state index is 0.134. The lowest BCUT2D eigenvalue weighted by Crippen LogP contribution is -2.27. The summed E-state index contributed by atoms with van der Waals surface area (Å²) in [6, 6.07) is 12.5. The van der Waals surface area contributed by atoms with Gasteiger partial charge < -0.3 is 15.3 Å². The number of rotatable bonds is 7. The fourth-order valence-corrected chi connectivity index (χ4v) is 6.63. The van der Waals surface area contributed by atoms with E-state index >= 15 is 0 Å². The third-order valence-corrected chi connectivity index (χ3v) is 9.45. The molecule has 216 valence electrons. The van der Waals surface area contributed by atoms with Crippen molar-refractivity contribution in [3.05, 3.63) is 66.1 Å². The van der Waals surface area contributed by atoms with Gasteiger partial charge in [-0.3, -0.25) is 4.99 Å². The van der Waals surface area contributed by atoms with Gasteiger partial charge in [-0.1, -0.05) is 29.6 Å². The number of aromatic nitrogens is 3. The Bertz CT molecular complexity index is 1800. The first-order valence-electron chi connectivity index (χ1n) is 14.4. The first kappa shape index (κ1) is 28.2. The van der Waals surface area contributed by atoms with Crippen molar-refractivity contribution in [2.75, 3.05) is 5.73 Å². The summed E-state index contributed by atoms with van der Waals surface area (Å²) in [5.74, 6) is 1.58. The molecule has 1 fully saturated rings. The van der Waals surface area contributed by atoms with E-state index in [1.807, 2.05) is 43.5 Å². The Hall–Kier alpha value is -3.95. The zero-order valence-corrected chi connectivity index (χ0v) is 24.7. The maximum atomic E-state index is 14.0. The van der Waals surface area contributed by atoms with E-state index in [-0.39, 0.29) is 18.0 Å². The minimum atomic E-state index is -0.306.